The molecule has 2 N–H and O–H groups in total. The van der Waals surface area contributed by atoms with Crippen molar-refractivity contribution in [2.24, 2.45) is 11.7 Å². The molecule has 1 fully saturated rings. The maximum atomic E-state index is 12.3. The van der Waals surface area contributed by atoms with Crippen molar-refractivity contribution in [2.75, 3.05) is 0 Å². The fraction of sp³-hybridized carbons (Fsp3) is 0.923. The van der Waals surface area contributed by atoms with Gasteiger partial charge in [0.25, 0.3) is 0 Å². The van der Waals surface area contributed by atoms with Crippen LogP contribution in [0.25, 0.3) is 0 Å². The van der Waals surface area contributed by atoms with Gasteiger partial charge < -0.3 is 10.6 Å². The first-order valence-electron chi connectivity index (χ1n) is 6.60. The molecule has 1 saturated heterocycles. The SMILES string of the molecule is CCC1CCC(C)N1C(=O)[C@@H](N)[C@@H](C)CC. The molecular formula is C13H26N2O. The Kier molecular flexibility index (Phi) is 4.78. The zero-order valence-corrected chi connectivity index (χ0v) is 11.1. The number of nitrogens with two attached hydrogens (primary N) is 1. The molecule has 3 nitrogen and oxygen atoms in total. The molecule has 0 saturated carbocycles. The normalized spacial score (nSPS) is 29.2. The van der Waals surface area contributed by atoms with E-state index >= 15 is 0 Å². The van der Waals surface area contributed by atoms with E-state index in [-0.39, 0.29) is 17.9 Å². The number of nitrogens with zero attached hydrogens (tertiary/aromatic N) is 1. The van der Waals surface area contributed by atoms with Crippen LogP contribution in [-0.4, -0.2) is 28.9 Å². The molecule has 0 aromatic carbocycles. The highest BCUT2D eigenvalue weighted by molar-refractivity contribution is 5.82. The van der Waals surface area contributed by atoms with Crippen LogP contribution in [0.15, 0.2) is 0 Å². The van der Waals surface area contributed by atoms with Gasteiger partial charge in [-0.3, -0.25) is 4.79 Å². The zero-order valence-electron chi connectivity index (χ0n) is 11.1. The first kappa shape index (κ1) is 13.5. The van der Waals surface area contributed by atoms with E-state index in [1.54, 1.807) is 0 Å². The van der Waals surface area contributed by atoms with Crippen molar-refractivity contribution >= 4 is 5.91 Å². The summed E-state index contributed by atoms with van der Waals surface area (Å²) < 4.78 is 0. The predicted octanol–water partition coefficient (Wildman–Crippen LogP) is 2.15. The summed E-state index contributed by atoms with van der Waals surface area (Å²) in [5.41, 5.74) is 6.04. The number of hydrogen-bond donors (Lipinski definition) is 1. The highest BCUT2D eigenvalue weighted by Crippen LogP contribution is 2.27. The van der Waals surface area contributed by atoms with Crippen molar-refractivity contribution in [2.45, 2.75) is 71.5 Å². The van der Waals surface area contributed by atoms with E-state index in [4.69, 9.17) is 5.73 Å². The first-order valence-corrected chi connectivity index (χ1v) is 6.60. The highest BCUT2D eigenvalue weighted by atomic mass is 16.2. The van der Waals surface area contributed by atoms with Crippen molar-refractivity contribution in [3.05, 3.63) is 0 Å². The highest BCUT2D eigenvalue weighted by Gasteiger charge is 2.36. The summed E-state index contributed by atoms with van der Waals surface area (Å²) in [6.07, 6.45) is 4.27. The number of carbonyl (C=O) groups excluding carboxylic acids is 1. The number of carbonyl (C=O) groups is 1. The fourth-order valence-corrected chi connectivity index (χ4v) is 2.54. The van der Waals surface area contributed by atoms with Crippen LogP contribution < -0.4 is 5.73 Å². The van der Waals surface area contributed by atoms with Crippen LogP contribution in [0.1, 0.15) is 53.4 Å². The topological polar surface area (TPSA) is 46.3 Å². The molecule has 1 rings (SSSR count). The standard InChI is InChI=1S/C13H26N2O/c1-5-9(3)12(14)13(16)15-10(4)7-8-11(15)6-2/h9-12H,5-8,14H2,1-4H3/t9-,10?,11?,12-/m0/s1. The Morgan fingerprint density at radius 3 is 2.56 bits per heavy atom. The molecule has 1 aliphatic rings. The molecule has 1 aliphatic heterocycles. The van der Waals surface area contributed by atoms with E-state index in [0.717, 1.165) is 25.7 Å². The lowest BCUT2D eigenvalue weighted by Crippen LogP contribution is -2.51. The maximum Gasteiger partial charge on any atom is 0.240 e. The van der Waals surface area contributed by atoms with E-state index in [0.29, 0.717) is 12.1 Å². The summed E-state index contributed by atoms with van der Waals surface area (Å²) in [6, 6.07) is 0.463. The monoisotopic (exact) mass is 226 g/mol. The van der Waals surface area contributed by atoms with Crippen LogP contribution in [0.5, 0.6) is 0 Å². The van der Waals surface area contributed by atoms with Gasteiger partial charge in [0.1, 0.15) is 0 Å². The van der Waals surface area contributed by atoms with Crippen LogP contribution >= 0.6 is 0 Å². The summed E-state index contributed by atoms with van der Waals surface area (Å²) in [5.74, 6) is 0.434. The van der Waals surface area contributed by atoms with Gasteiger partial charge in [0.05, 0.1) is 6.04 Å². The molecule has 4 atom stereocenters. The molecule has 0 spiro atoms. The third kappa shape index (κ3) is 2.57. The molecule has 1 amide bonds. The summed E-state index contributed by atoms with van der Waals surface area (Å²) in [7, 11) is 0. The Bertz CT molecular complexity index is 242. The molecule has 16 heavy (non-hydrogen) atoms. The summed E-state index contributed by atoms with van der Waals surface area (Å²) in [5, 5.41) is 0. The second kappa shape index (κ2) is 5.67. The van der Waals surface area contributed by atoms with Gasteiger partial charge in [0.15, 0.2) is 0 Å². The average molecular weight is 226 g/mol. The van der Waals surface area contributed by atoms with Crippen molar-refractivity contribution in [3.8, 4) is 0 Å². The Labute approximate surface area is 99.4 Å². The van der Waals surface area contributed by atoms with Crippen molar-refractivity contribution in [3.63, 3.8) is 0 Å². The maximum absolute atomic E-state index is 12.3. The first-order chi connectivity index (χ1) is 7.52. The third-order valence-electron chi connectivity index (χ3n) is 4.05. The van der Waals surface area contributed by atoms with E-state index in [2.05, 4.69) is 27.7 Å². The minimum atomic E-state index is -0.320. The minimum absolute atomic E-state index is 0.159. The Hall–Kier alpha value is -0.570. The Morgan fingerprint density at radius 1 is 1.44 bits per heavy atom. The summed E-state index contributed by atoms with van der Waals surface area (Å²) >= 11 is 0. The number of amides is 1. The van der Waals surface area contributed by atoms with Crippen molar-refractivity contribution in [1.82, 2.24) is 4.90 Å². The van der Waals surface area contributed by atoms with Crippen LogP contribution in [0.3, 0.4) is 0 Å². The van der Waals surface area contributed by atoms with Crippen LogP contribution in [0, 0.1) is 5.92 Å². The Morgan fingerprint density at radius 2 is 2.06 bits per heavy atom. The second-order valence-electron chi connectivity index (χ2n) is 5.15. The molecule has 2 unspecified atom stereocenters. The van der Waals surface area contributed by atoms with Gasteiger partial charge in [-0.2, -0.15) is 0 Å². The van der Waals surface area contributed by atoms with Crippen LogP contribution in [-0.2, 0) is 4.79 Å². The summed E-state index contributed by atoms with van der Waals surface area (Å²) in [4.78, 5) is 14.4. The smallest absolute Gasteiger partial charge is 0.240 e. The van der Waals surface area contributed by atoms with Gasteiger partial charge >= 0.3 is 0 Å². The minimum Gasteiger partial charge on any atom is -0.336 e. The molecular weight excluding hydrogens is 200 g/mol. The molecule has 0 bridgehead atoms. The molecule has 0 aromatic rings. The van der Waals surface area contributed by atoms with Gasteiger partial charge in [-0.1, -0.05) is 27.2 Å². The van der Waals surface area contributed by atoms with E-state index in [1.807, 2.05) is 4.90 Å². The lowest BCUT2D eigenvalue weighted by molar-refractivity contribution is -0.136. The fourth-order valence-electron chi connectivity index (χ4n) is 2.54. The van der Waals surface area contributed by atoms with Crippen LogP contribution in [0.2, 0.25) is 0 Å². The quantitative estimate of drug-likeness (QED) is 0.798. The molecule has 1 heterocycles. The van der Waals surface area contributed by atoms with E-state index in [1.165, 1.54) is 0 Å². The van der Waals surface area contributed by atoms with Gasteiger partial charge in [-0.15, -0.1) is 0 Å². The largest absolute Gasteiger partial charge is 0.336 e. The second-order valence-corrected chi connectivity index (χ2v) is 5.15. The molecule has 0 aliphatic carbocycles. The average Bonchev–Trinajstić information content (AvgIpc) is 2.67. The molecule has 0 radical (unpaired) electrons. The van der Waals surface area contributed by atoms with Gasteiger partial charge in [0, 0.05) is 12.1 Å². The number of rotatable bonds is 4. The molecule has 0 aromatic heterocycles. The van der Waals surface area contributed by atoms with Crippen molar-refractivity contribution in [1.29, 1.82) is 0 Å². The molecule has 3 heteroatoms. The number of hydrogen-bond acceptors (Lipinski definition) is 2. The van der Waals surface area contributed by atoms with E-state index < -0.39 is 0 Å². The van der Waals surface area contributed by atoms with Gasteiger partial charge in [-0.25, -0.2) is 0 Å². The van der Waals surface area contributed by atoms with Gasteiger partial charge in [0.2, 0.25) is 5.91 Å². The lowest BCUT2D eigenvalue weighted by atomic mass is 9.98. The third-order valence-corrected chi connectivity index (χ3v) is 4.05. The van der Waals surface area contributed by atoms with E-state index in [9.17, 15) is 4.79 Å². The van der Waals surface area contributed by atoms with Crippen molar-refractivity contribution < 1.29 is 4.79 Å². The predicted molar refractivity (Wildman–Crippen MR) is 67.1 cm³/mol. The van der Waals surface area contributed by atoms with Gasteiger partial charge in [-0.05, 0) is 32.1 Å². The van der Waals surface area contributed by atoms with Crippen LogP contribution in [0.4, 0.5) is 0 Å². The summed E-state index contributed by atoms with van der Waals surface area (Å²) in [6.45, 7) is 8.43. The lowest BCUT2D eigenvalue weighted by Gasteiger charge is -2.32. The zero-order chi connectivity index (χ0) is 12.3. The molecule has 94 valence electrons. The Balaban J connectivity index is 2.71. The number of likely N-dealkylation sites (tertiary alicyclic amines) is 1.